The monoisotopic (exact) mass is 156 g/mol. The maximum atomic E-state index is 5.30. The molecule has 3 heteroatoms. The molecule has 2 heterocycles. The van der Waals surface area contributed by atoms with Crippen molar-refractivity contribution in [3.05, 3.63) is 0 Å². The summed E-state index contributed by atoms with van der Waals surface area (Å²) in [4.78, 5) is 0. The fourth-order valence-electron chi connectivity index (χ4n) is 1.86. The van der Waals surface area contributed by atoms with Crippen LogP contribution in [0.15, 0.2) is 0 Å². The van der Waals surface area contributed by atoms with E-state index < -0.39 is 0 Å². The highest BCUT2D eigenvalue weighted by Crippen LogP contribution is 2.14. The molecule has 64 valence electrons. The summed E-state index contributed by atoms with van der Waals surface area (Å²) in [6.07, 6.45) is 3.71. The lowest BCUT2D eigenvalue weighted by Gasteiger charge is -2.30. The summed E-state index contributed by atoms with van der Waals surface area (Å²) in [5.74, 6) is 0. The first-order valence-electron chi connectivity index (χ1n) is 4.55. The van der Waals surface area contributed by atoms with E-state index in [1.807, 2.05) is 0 Å². The van der Waals surface area contributed by atoms with Crippen molar-refractivity contribution in [1.29, 1.82) is 0 Å². The Hall–Kier alpha value is -0.120. The maximum absolute atomic E-state index is 5.30. The topological polar surface area (TPSA) is 24.5 Å². The van der Waals surface area contributed by atoms with E-state index in [9.17, 15) is 0 Å². The predicted molar refractivity (Wildman–Crippen MR) is 43.2 cm³/mol. The number of rotatable bonds is 1. The summed E-state index contributed by atoms with van der Waals surface area (Å²) in [7, 11) is 0. The van der Waals surface area contributed by atoms with Crippen LogP contribution in [0.1, 0.15) is 19.3 Å². The third-order valence-electron chi connectivity index (χ3n) is 2.52. The summed E-state index contributed by atoms with van der Waals surface area (Å²) in [6, 6.07) is 0.742. The summed E-state index contributed by atoms with van der Waals surface area (Å²) in [5, 5.41) is 2.39. The first-order chi connectivity index (χ1) is 5.47. The fourth-order valence-corrected chi connectivity index (χ4v) is 1.86. The minimum Gasteiger partial charge on any atom is -0.381 e. The second-order valence-corrected chi connectivity index (χ2v) is 3.30. The second kappa shape index (κ2) is 3.52. The van der Waals surface area contributed by atoms with E-state index in [1.165, 1.54) is 25.8 Å². The molecule has 0 spiro atoms. The van der Waals surface area contributed by atoms with Crippen LogP contribution in [-0.4, -0.2) is 37.4 Å². The molecule has 0 atom stereocenters. The molecular formula is C8H16N2O. The Morgan fingerprint density at radius 2 is 2.09 bits per heavy atom. The Morgan fingerprint density at radius 3 is 2.73 bits per heavy atom. The summed E-state index contributed by atoms with van der Waals surface area (Å²) in [6.45, 7) is 4.29. The molecule has 0 amide bonds. The summed E-state index contributed by atoms with van der Waals surface area (Å²) < 4.78 is 5.30. The summed E-state index contributed by atoms with van der Waals surface area (Å²) >= 11 is 0. The number of ether oxygens (including phenoxy) is 1. The van der Waals surface area contributed by atoms with E-state index in [-0.39, 0.29) is 0 Å². The summed E-state index contributed by atoms with van der Waals surface area (Å²) in [5.41, 5.74) is 3.40. The van der Waals surface area contributed by atoms with Gasteiger partial charge in [-0.1, -0.05) is 0 Å². The van der Waals surface area contributed by atoms with E-state index in [0.717, 1.165) is 25.8 Å². The molecule has 2 fully saturated rings. The number of nitrogens with one attached hydrogen (secondary N) is 1. The number of nitrogens with zero attached hydrogens (tertiary/aromatic N) is 1. The molecule has 2 saturated heterocycles. The molecule has 2 rings (SSSR count). The molecule has 0 aromatic heterocycles. The van der Waals surface area contributed by atoms with Crippen molar-refractivity contribution in [3.63, 3.8) is 0 Å². The minimum atomic E-state index is 0.742. The van der Waals surface area contributed by atoms with Crippen LogP contribution in [0.4, 0.5) is 0 Å². The number of hydrogen-bond acceptors (Lipinski definition) is 3. The second-order valence-electron chi connectivity index (χ2n) is 3.30. The number of hydrogen-bond donors (Lipinski definition) is 1. The van der Waals surface area contributed by atoms with Gasteiger partial charge in [0.05, 0.1) is 0 Å². The Bertz CT molecular complexity index is 117. The third-order valence-corrected chi connectivity index (χ3v) is 2.52. The van der Waals surface area contributed by atoms with Gasteiger partial charge in [0.15, 0.2) is 0 Å². The fraction of sp³-hybridized carbons (Fsp3) is 1.00. The normalized spacial score (nSPS) is 29.5. The predicted octanol–water partition coefficient (Wildman–Crippen LogP) is 0.376. The van der Waals surface area contributed by atoms with E-state index >= 15 is 0 Å². The van der Waals surface area contributed by atoms with Crippen molar-refractivity contribution in [2.24, 2.45) is 0 Å². The molecule has 1 N–H and O–H groups in total. The first-order valence-corrected chi connectivity index (χ1v) is 4.55. The molecular weight excluding hydrogens is 140 g/mol. The van der Waals surface area contributed by atoms with Gasteiger partial charge in [-0.2, -0.15) is 0 Å². The number of hydrazine groups is 1. The minimum absolute atomic E-state index is 0.742. The average molecular weight is 156 g/mol. The van der Waals surface area contributed by atoms with E-state index in [2.05, 4.69) is 10.4 Å². The van der Waals surface area contributed by atoms with E-state index in [0.29, 0.717) is 0 Å². The quantitative estimate of drug-likeness (QED) is 0.594. The van der Waals surface area contributed by atoms with Crippen molar-refractivity contribution in [3.8, 4) is 0 Å². The molecule has 0 aliphatic carbocycles. The van der Waals surface area contributed by atoms with Crippen LogP contribution >= 0.6 is 0 Å². The van der Waals surface area contributed by atoms with Crippen LogP contribution < -0.4 is 5.43 Å². The molecule has 0 bridgehead atoms. The van der Waals surface area contributed by atoms with Crippen LogP contribution in [0.5, 0.6) is 0 Å². The zero-order valence-electron chi connectivity index (χ0n) is 6.88. The highest BCUT2D eigenvalue weighted by Gasteiger charge is 2.23. The van der Waals surface area contributed by atoms with Crippen LogP contribution in [-0.2, 0) is 4.74 Å². The van der Waals surface area contributed by atoms with Crippen LogP contribution in [0, 0.1) is 0 Å². The Morgan fingerprint density at radius 1 is 1.27 bits per heavy atom. The highest BCUT2D eigenvalue weighted by molar-refractivity contribution is 4.75. The van der Waals surface area contributed by atoms with Crippen molar-refractivity contribution >= 4 is 0 Å². The largest absolute Gasteiger partial charge is 0.381 e. The van der Waals surface area contributed by atoms with Gasteiger partial charge < -0.3 is 4.74 Å². The smallest absolute Gasteiger partial charge is 0.0481 e. The molecule has 0 radical (unpaired) electrons. The lowest BCUT2D eigenvalue weighted by Crippen LogP contribution is -2.43. The van der Waals surface area contributed by atoms with Gasteiger partial charge in [0.1, 0.15) is 0 Å². The van der Waals surface area contributed by atoms with Crippen LogP contribution in [0.25, 0.3) is 0 Å². The van der Waals surface area contributed by atoms with Crippen molar-refractivity contribution in [2.75, 3.05) is 26.3 Å². The molecule has 0 saturated carbocycles. The average Bonchev–Trinajstić information content (AvgIpc) is 2.58. The third kappa shape index (κ3) is 1.72. The standard InChI is InChI=1S/C8H16N2O/c1-4-9-10(5-1)8-2-6-11-7-3-8/h8-9H,1-7H2. The van der Waals surface area contributed by atoms with Crippen LogP contribution in [0.3, 0.4) is 0 Å². The van der Waals surface area contributed by atoms with Crippen molar-refractivity contribution in [2.45, 2.75) is 25.3 Å². The first kappa shape index (κ1) is 7.53. The van der Waals surface area contributed by atoms with Gasteiger partial charge in [0, 0.05) is 32.3 Å². The van der Waals surface area contributed by atoms with Gasteiger partial charge in [0.2, 0.25) is 0 Å². The molecule has 0 unspecified atom stereocenters. The Kier molecular flexibility index (Phi) is 2.41. The molecule has 2 aliphatic rings. The zero-order valence-corrected chi connectivity index (χ0v) is 6.88. The van der Waals surface area contributed by atoms with Gasteiger partial charge >= 0.3 is 0 Å². The molecule has 2 aliphatic heterocycles. The molecule has 0 aromatic carbocycles. The van der Waals surface area contributed by atoms with Gasteiger partial charge in [-0.3, -0.25) is 5.43 Å². The van der Waals surface area contributed by atoms with Crippen molar-refractivity contribution < 1.29 is 4.74 Å². The SMILES string of the molecule is C1CNN(C2CCOCC2)C1. The highest BCUT2D eigenvalue weighted by atomic mass is 16.5. The molecule has 0 aromatic rings. The van der Waals surface area contributed by atoms with Crippen molar-refractivity contribution in [1.82, 2.24) is 10.4 Å². The molecule has 3 nitrogen and oxygen atoms in total. The lowest BCUT2D eigenvalue weighted by atomic mass is 10.1. The zero-order chi connectivity index (χ0) is 7.52. The molecule has 11 heavy (non-hydrogen) atoms. The van der Waals surface area contributed by atoms with Gasteiger partial charge in [0.25, 0.3) is 0 Å². The van der Waals surface area contributed by atoms with Crippen LogP contribution in [0.2, 0.25) is 0 Å². The van der Waals surface area contributed by atoms with Gasteiger partial charge in [-0.25, -0.2) is 5.01 Å². The maximum Gasteiger partial charge on any atom is 0.0481 e. The van der Waals surface area contributed by atoms with Gasteiger partial charge in [-0.15, -0.1) is 0 Å². The van der Waals surface area contributed by atoms with E-state index in [1.54, 1.807) is 0 Å². The Balaban J connectivity index is 1.82. The Labute approximate surface area is 67.7 Å². The van der Waals surface area contributed by atoms with Gasteiger partial charge in [-0.05, 0) is 19.3 Å². The van der Waals surface area contributed by atoms with E-state index in [4.69, 9.17) is 4.74 Å². The lowest BCUT2D eigenvalue weighted by molar-refractivity contribution is 0.0267.